The lowest BCUT2D eigenvalue weighted by atomic mass is 10.1. The standard InChI is InChI=1S/C22H15Cl2FN6O/c1-11(30-21-19-20(27-9-26-19)28-10-29-21)18-6-12-2-3-13(25)7-15(12)22(32)31(18)14-4-5-16(23)17(24)8-14/h2-11H,1H3,(H2,26,27,28,29,30)/t11-/m0/s1. The second kappa shape index (κ2) is 7.89. The number of benzene rings is 2. The summed E-state index contributed by atoms with van der Waals surface area (Å²) >= 11 is 12.3. The van der Waals surface area contributed by atoms with Crippen LogP contribution in [-0.2, 0) is 0 Å². The maximum Gasteiger partial charge on any atom is 0.263 e. The molecule has 32 heavy (non-hydrogen) atoms. The van der Waals surface area contributed by atoms with Crippen molar-refractivity contribution in [2.24, 2.45) is 0 Å². The van der Waals surface area contributed by atoms with E-state index in [2.05, 4.69) is 25.3 Å². The fraction of sp³-hybridized carbons (Fsp3) is 0.0909. The second-order valence-corrected chi connectivity index (χ2v) is 8.04. The average Bonchev–Trinajstić information content (AvgIpc) is 3.26. The molecule has 3 aromatic heterocycles. The van der Waals surface area contributed by atoms with Crippen LogP contribution in [0.3, 0.4) is 0 Å². The molecule has 160 valence electrons. The fourth-order valence-electron chi connectivity index (χ4n) is 3.66. The van der Waals surface area contributed by atoms with Gasteiger partial charge in [-0.1, -0.05) is 29.3 Å². The summed E-state index contributed by atoms with van der Waals surface area (Å²) in [6, 6.07) is 10.5. The predicted octanol–water partition coefficient (Wildman–Crippen LogP) is 5.28. The minimum atomic E-state index is -0.490. The van der Waals surface area contributed by atoms with Gasteiger partial charge in [-0.2, -0.15) is 0 Å². The van der Waals surface area contributed by atoms with Gasteiger partial charge in [0.2, 0.25) is 0 Å². The van der Waals surface area contributed by atoms with Crippen molar-refractivity contribution in [3.63, 3.8) is 0 Å². The molecule has 0 amide bonds. The molecule has 5 rings (SSSR count). The molecule has 7 nitrogen and oxygen atoms in total. The minimum absolute atomic E-state index is 0.253. The van der Waals surface area contributed by atoms with E-state index in [1.807, 2.05) is 13.0 Å². The van der Waals surface area contributed by atoms with Gasteiger partial charge in [-0.3, -0.25) is 9.36 Å². The molecule has 0 aliphatic rings. The Labute approximate surface area is 190 Å². The second-order valence-electron chi connectivity index (χ2n) is 7.23. The molecule has 2 N–H and O–H groups in total. The van der Waals surface area contributed by atoms with Gasteiger partial charge in [-0.25, -0.2) is 19.3 Å². The first-order valence-electron chi connectivity index (χ1n) is 9.63. The Bertz CT molecular complexity index is 1550. The monoisotopic (exact) mass is 468 g/mol. The highest BCUT2D eigenvalue weighted by molar-refractivity contribution is 6.42. The molecule has 1 atom stereocenters. The van der Waals surface area contributed by atoms with Crippen LogP contribution in [0.4, 0.5) is 10.2 Å². The number of halogens is 3. The van der Waals surface area contributed by atoms with E-state index < -0.39 is 5.82 Å². The van der Waals surface area contributed by atoms with Crippen molar-refractivity contribution < 1.29 is 4.39 Å². The number of aromatic amines is 1. The summed E-state index contributed by atoms with van der Waals surface area (Å²) in [5, 5.41) is 4.84. The lowest BCUT2D eigenvalue weighted by Gasteiger charge is -2.21. The third-order valence-electron chi connectivity index (χ3n) is 5.19. The van der Waals surface area contributed by atoms with Gasteiger partial charge in [0.15, 0.2) is 11.5 Å². The Morgan fingerprint density at radius 2 is 1.91 bits per heavy atom. The third kappa shape index (κ3) is 3.47. The van der Waals surface area contributed by atoms with Crippen molar-refractivity contribution in [2.75, 3.05) is 5.32 Å². The number of pyridine rings is 1. The molecular formula is C22H15Cl2FN6O. The highest BCUT2D eigenvalue weighted by Crippen LogP contribution is 2.29. The van der Waals surface area contributed by atoms with Gasteiger partial charge in [0.05, 0.1) is 33.5 Å². The highest BCUT2D eigenvalue weighted by Gasteiger charge is 2.19. The smallest absolute Gasteiger partial charge is 0.263 e. The number of imidazole rings is 1. The lowest BCUT2D eigenvalue weighted by Crippen LogP contribution is -2.25. The minimum Gasteiger partial charge on any atom is -0.360 e. The molecule has 5 aromatic rings. The van der Waals surface area contributed by atoms with Gasteiger partial charge in [-0.05, 0) is 48.7 Å². The van der Waals surface area contributed by atoms with Crippen LogP contribution in [0.25, 0.3) is 27.6 Å². The number of rotatable bonds is 4. The van der Waals surface area contributed by atoms with Crippen LogP contribution in [0.1, 0.15) is 18.7 Å². The molecule has 0 saturated carbocycles. The summed E-state index contributed by atoms with van der Waals surface area (Å²) in [5.74, 6) is 0.0206. The number of hydrogen-bond donors (Lipinski definition) is 2. The van der Waals surface area contributed by atoms with Gasteiger partial charge < -0.3 is 10.3 Å². The molecule has 0 spiro atoms. The first-order chi connectivity index (χ1) is 15.4. The van der Waals surface area contributed by atoms with Crippen LogP contribution < -0.4 is 10.9 Å². The number of nitrogens with one attached hydrogen (secondary N) is 2. The summed E-state index contributed by atoms with van der Waals surface area (Å²) < 4.78 is 15.4. The third-order valence-corrected chi connectivity index (χ3v) is 5.92. The molecule has 3 heterocycles. The van der Waals surface area contributed by atoms with Crippen molar-refractivity contribution in [1.29, 1.82) is 0 Å². The summed E-state index contributed by atoms with van der Waals surface area (Å²) in [4.78, 5) is 29.1. The van der Waals surface area contributed by atoms with E-state index in [1.54, 1.807) is 24.3 Å². The van der Waals surface area contributed by atoms with Gasteiger partial charge in [0.25, 0.3) is 5.56 Å². The Morgan fingerprint density at radius 3 is 2.72 bits per heavy atom. The molecule has 0 fully saturated rings. The van der Waals surface area contributed by atoms with E-state index in [4.69, 9.17) is 23.2 Å². The first kappa shape index (κ1) is 20.4. The molecule has 0 aliphatic carbocycles. The largest absolute Gasteiger partial charge is 0.360 e. The van der Waals surface area contributed by atoms with Crippen molar-refractivity contribution in [3.8, 4) is 5.69 Å². The van der Waals surface area contributed by atoms with Crippen LogP contribution in [0.15, 0.2) is 59.9 Å². The van der Waals surface area contributed by atoms with E-state index in [-0.39, 0.29) is 17.0 Å². The van der Waals surface area contributed by atoms with Crippen molar-refractivity contribution in [2.45, 2.75) is 13.0 Å². The Hall–Kier alpha value is -3.49. The molecule has 2 aromatic carbocycles. The maximum absolute atomic E-state index is 13.9. The summed E-state index contributed by atoms with van der Waals surface area (Å²) in [7, 11) is 0. The highest BCUT2D eigenvalue weighted by atomic mass is 35.5. The lowest BCUT2D eigenvalue weighted by molar-refractivity contribution is 0.629. The van der Waals surface area contributed by atoms with Crippen molar-refractivity contribution in [3.05, 3.63) is 87.0 Å². The van der Waals surface area contributed by atoms with Crippen LogP contribution in [0, 0.1) is 5.82 Å². The van der Waals surface area contributed by atoms with Crippen LogP contribution in [0.5, 0.6) is 0 Å². The van der Waals surface area contributed by atoms with Crippen LogP contribution in [0.2, 0.25) is 10.0 Å². The number of fused-ring (bicyclic) bond motifs is 2. The van der Waals surface area contributed by atoms with Crippen molar-refractivity contribution in [1.82, 2.24) is 24.5 Å². The van der Waals surface area contributed by atoms with E-state index in [9.17, 15) is 9.18 Å². The summed E-state index contributed by atoms with van der Waals surface area (Å²) in [6.45, 7) is 1.89. The van der Waals surface area contributed by atoms with Gasteiger partial charge in [0, 0.05) is 5.69 Å². The van der Waals surface area contributed by atoms with Gasteiger partial charge >= 0.3 is 0 Å². The summed E-state index contributed by atoms with van der Waals surface area (Å²) in [5.41, 5.74) is 1.91. The van der Waals surface area contributed by atoms with Gasteiger partial charge in [0.1, 0.15) is 17.7 Å². The maximum atomic E-state index is 13.9. The Kier molecular flexibility index (Phi) is 5.03. The zero-order valence-corrected chi connectivity index (χ0v) is 18.1. The number of H-pyrrole nitrogens is 1. The van der Waals surface area contributed by atoms with E-state index in [0.29, 0.717) is 43.8 Å². The number of aromatic nitrogens is 5. The first-order valence-corrected chi connectivity index (χ1v) is 10.4. The van der Waals surface area contributed by atoms with E-state index in [0.717, 1.165) is 0 Å². The normalized spacial score (nSPS) is 12.4. The molecule has 0 bridgehead atoms. The van der Waals surface area contributed by atoms with E-state index >= 15 is 0 Å². The Morgan fingerprint density at radius 1 is 1.06 bits per heavy atom. The zero-order chi connectivity index (χ0) is 22.4. The SMILES string of the molecule is C[C@H](Nc1ncnc2[nH]cnc12)c1cc2ccc(F)cc2c(=O)n1-c1ccc(Cl)c(Cl)c1. The zero-order valence-electron chi connectivity index (χ0n) is 16.6. The summed E-state index contributed by atoms with van der Waals surface area (Å²) in [6.07, 6.45) is 2.95. The number of anilines is 1. The van der Waals surface area contributed by atoms with Gasteiger partial charge in [-0.15, -0.1) is 0 Å². The molecule has 10 heteroatoms. The Balaban J connectivity index is 1.71. The fourth-order valence-corrected chi connectivity index (χ4v) is 3.95. The van der Waals surface area contributed by atoms with E-state index in [1.165, 1.54) is 29.4 Å². The number of hydrogen-bond acceptors (Lipinski definition) is 5. The predicted molar refractivity (Wildman–Crippen MR) is 123 cm³/mol. The van der Waals surface area contributed by atoms with Crippen LogP contribution in [-0.4, -0.2) is 24.5 Å². The van der Waals surface area contributed by atoms with Crippen molar-refractivity contribution >= 4 is 51.0 Å². The topological polar surface area (TPSA) is 88.5 Å². The molecule has 0 saturated heterocycles. The average molecular weight is 469 g/mol. The number of nitrogens with zero attached hydrogens (tertiary/aromatic N) is 4. The molecular weight excluding hydrogens is 454 g/mol. The molecule has 0 aliphatic heterocycles. The molecule has 0 unspecified atom stereocenters. The van der Waals surface area contributed by atoms with Crippen LogP contribution >= 0.6 is 23.2 Å². The molecule has 0 radical (unpaired) electrons. The quantitative estimate of drug-likeness (QED) is 0.374.